The second-order valence-corrected chi connectivity index (χ2v) is 9.81. The summed E-state index contributed by atoms with van der Waals surface area (Å²) in [4.78, 5) is 14.5. The number of fused-ring (bicyclic) bond motifs is 1. The van der Waals surface area contributed by atoms with E-state index in [1.54, 1.807) is 58.0 Å². The van der Waals surface area contributed by atoms with Crippen LogP contribution in [0.15, 0.2) is 91.1 Å². The van der Waals surface area contributed by atoms with Crippen molar-refractivity contribution in [3.8, 4) is 0 Å². The molecule has 0 spiro atoms. The summed E-state index contributed by atoms with van der Waals surface area (Å²) in [7, 11) is 0. The maximum Gasteiger partial charge on any atom is 0.422 e. The van der Waals surface area contributed by atoms with Crippen molar-refractivity contribution in [3.63, 3.8) is 0 Å². The van der Waals surface area contributed by atoms with E-state index >= 15 is 0 Å². The largest absolute Gasteiger partial charge is 0.422 e. The van der Waals surface area contributed by atoms with E-state index in [0.29, 0.717) is 48.9 Å². The number of carbonyl (C=O) groups excluding carboxylic acids is 1. The summed E-state index contributed by atoms with van der Waals surface area (Å²) in [5, 5.41) is 11.7. The first kappa shape index (κ1) is 25.2. The number of ketones is 1. The van der Waals surface area contributed by atoms with Gasteiger partial charge < -0.3 is 9.67 Å². The lowest BCUT2D eigenvalue weighted by atomic mass is 9.87. The van der Waals surface area contributed by atoms with E-state index in [2.05, 4.69) is 0 Å². The van der Waals surface area contributed by atoms with Gasteiger partial charge in [-0.1, -0.05) is 78.9 Å². The molecule has 192 valence electrons. The summed E-state index contributed by atoms with van der Waals surface area (Å²) in [6.45, 7) is 0.430. The minimum Gasteiger partial charge on any atom is -0.375 e. The number of β-amino-alcohol motifs (C(OH)–C–C–N with tert-alkyl or cyclic N) is 1. The van der Waals surface area contributed by atoms with Crippen LogP contribution in [0.4, 0.5) is 13.2 Å². The van der Waals surface area contributed by atoms with Crippen LogP contribution in [0, 0.1) is 5.92 Å². The summed E-state index contributed by atoms with van der Waals surface area (Å²) < 4.78 is 45.6. The molecule has 1 aliphatic rings. The van der Waals surface area contributed by atoms with Crippen LogP contribution in [-0.4, -0.2) is 46.2 Å². The third kappa shape index (κ3) is 5.06. The van der Waals surface area contributed by atoms with Gasteiger partial charge in [-0.3, -0.25) is 9.69 Å². The highest BCUT2D eigenvalue weighted by molar-refractivity contribution is 5.97. The number of likely N-dealkylation sites (tertiary alicyclic amines) is 1. The molecule has 0 amide bonds. The Bertz CT molecular complexity index is 1360. The Morgan fingerprint density at radius 3 is 2.11 bits per heavy atom. The predicted molar refractivity (Wildman–Crippen MR) is 137 cm³/mol. The molecule has 1 N–H and O–H groups in total. The van der Waals surface area contributed by atoms with Crippen molar-refractivity contribution in [2.75, 3.05) is 19.6 Å². The van der Waals surface area contributed by atoms with Crippen molar-refractivity contribution < 1.29 is 23.1 Å². The molecule has 0 radical (unpaired) electrons. The fourth-order valence-electron chi connectivity index (χ4n) is 5.33. The first-order valence-corrected chi connectivity index (χ1v) is 12.5. The average molecular weight is 507 g/mol. The molecular weight excluding hydrogens is 477 g/mol. The van der Waals surface area contributed by atoms with Gasteiger partial charge in [0.2, 0.25) is 5.60 Å². The quantitative estimate of drug-likeness (QED) is 0.311. The summed E-state index contributed by atoms with van der Waals surface area (Å²) in [5.74, 6) is -0.208. The Morgan fingerprint density at radius 2 is 1.46 bits per heavy atom. The van der Waals surface area contributed by atoms with Crippen molar-refractivity contribution in [2.24, 2.45) is 5.92 Å². The van der Waals surface area contributed by atoms with Crippen molar-refractivity contribution in [1.82, 2.24) is 9.47 Å². The van der Waals surface area contributed by atoms with Crippen LogP contribution in [0.5, 0.6) is 0 Å². The average Bonchev–Trinajstić information content (AvgIpc) is 3.28. The van der Waals surface area contributed by atoms with Crippen molar-refractivity contribution in [3.05, 3.63) is 108 Å². The number of benzene rings is 3. The lowest BCUT2D eigenvalue weighted by Gasteiger charge is -2.38. The van der Waals surface area contributed by atoms with E-state index in [1.807, 2.05) is 36.4 Å². The topological polar surface area (TPSA) is 45.5 Å². The van der Waals surface area contributed by atoms with Crippen LogP contribution in [0.1, 0.15) is 34.3 Å². The fourth-order valence-corrected chi connectivity index (χ4v) is 5.33. The van der Waals surface area contributed by atoms with Crippen molar-refractivity contribution >= 4 is 16.7 Å². The molecule has 1 saturated heterocycles. The summed E-state index contributed by atoms with van der Waals surface area (Å²) in [5.41, 5.74) is -0.982. The van der Waals surface area contributed by atoms with Gasteiger partial charge in [-0.15, -0.1) is 0 Å². The van der Waals surface area contributed by atoms with Crippen LogP contribution in [0.2, 0.25) is 0 Å². The predicted octanol–water partition coefficient (Wildman–Crippen LogP) is 6.03. The molecule has 0 saturated carbocycles. The second kappa shape index (κ2) is 10.1. The highest BCUT2D eigenvalue weighted by Gasteiger charge is 2.57. The first-order valence-electron chi connectivity index (χ1n) is 12.5. The maximum absolute atomic E-state index is 14.6. The molecule has 1 atom stereocenters. The van der Waals surface area contributed by atoms with Crippen LogP contribution in [0.3, 0.4) is 0 Å². The van der Waals surface area contributed by atoms with E-state index < -0.39 is 18.3 Å². The van der Waals surface area contributed by atoms with E-state index in [4.69, 9.17) is 0 Å². The molecule has 37 heavy (non-hydrogen) atoms. The summed E-state index contributed by atoms with van der Waals surface area (Å²) in [6.07, 6.45) is -2.53. The minimum atomic E-state index is -4.88. The van der Waals surface area contributed by atoms with Gasteiger partial charge in [0.05, 0.1) is 0 Å². The number of halogens is 3. The van der Waals surface area contributed by atoms with E-state index in [0.717, 1.165) is 5.56 Å². The number of para-hydroxylation sites is 1. The molecule has 7 heteroatoms. The highest BCUT2D eigenvalue weighted by atomic mass is 19.4. The molecule has 2 heterocycles. The molecule has 4 nitrogen and oxygen atoms in total. The molecule has 3 aromatic carbocycles. The third-order valence-electron chi connectivity index (χ3n) is 7.37. The minimum absolute atomic E-state index is 0.0234. The van der Waals surface area contributed by atoms with Gasteiger partial charge in [-0.2, -0.15) is 13.2 Å². The van der Waals surface area contributed by atoms with E-state index in [1.165, 1.54) is 6.20 Å². The number of piperidine rings is 1. The standard InChI is InChI=1S/C30H29F3N2O2/c31-30(32,33)29(37,21-34-17-15-24(16-18-34)28(36)23-11-5-2-6-12-23)26-20-35(19-22-9-3-1-4-10-22)27-14-8-7-13-25(26)27/h1-14,20,24,37H,15-19,21H2. The Labute approximate surface area is 214 Å². The number of rotatable bonds is 7. The lowest BCUT2D eigenvalue weighted by Crippen LogP contribution is -2.52. The monoisotopic (exact) mass is 506 g/mol. The van der Waals surface area contributed by atoms with Gasteiger partial charge in [0.15, 0.2) is 5.78 Å². The lowest BCUT2D eigenvalue weighted by molar-refractivity contribution is -0.271. The number of hydrogen-bond acceptors (Lipinski definition) is 3. The summed E-state index contributed by atoms with van der Waals surface area (Å²) in [6, 6.07) is 25.4. The Kier molecular flexibility index (Phi) is 6.92. The number of alkyl halides is 3. The molecular formula is C30H29F3N2O2. The van der Waals surface area contributed by atoms with Crippen molar-refractivity contribution in [2.45, 2.75) is 31.2 Å². The second-order valence-electron chi connectivity index (χ2n) is 9.81. The molecule has 1 aromatic heterocycles. The number of aromatic nitrogens is 1. The number of hydrogen-bond donors (Lipinski definition) is 1. The molecule has 1 unspecified atom stereocenters. The molecule has 0 bridgehead atoms. The molecule has 1 aliphatic heterocycles. The first-order chi connectivity index (χ1) is 17.8. The molecule has 5 rings (SSSR count). The Morgan fingerprint density at radius 1 is 0.865 bits per heavy atom. The normalized spacial score (nSPS) is 17.1. The van der Waals surface area contributed by atoms with Crippen LogP contribution < -0.4 is 0 Å². The van der Waals surface area contributed by atoms with Gasteiger partial charge >= 0.3 is 6.18 Å². The third-order valence-corrected chi connectivity index (χ3v) is 7.37. The smallest absolute Gasteiger partial charge is 0.375 e. The Balaban J connectivity index is 1.40. The number of aliphatic hydroxyl groups is 1. The fraction of sp³-hybridized carbons (Fsp3) is 0.300. The van der Waals surface area contributed by atoms with Crippen molar-refractivity contribution in [1.29, 1.82) is 0 Å². The maximum atomic E-state index is 14.6. The molecule has 4 aromatic rings. The van der Waals surface area contributed by atoms with E-state index in [9.17, 15) is 23.1 Å². The number of nitrogens with zero attached hydrogens (tertiary/aromatic N) is 2. The molecule has 0 aliphatic carbocycles. The Hall–Kier alpha value is -3.42. The molecule has 1 fully saturated rings. The zero-order valence-electron chi connectivity index (χ0n) is 20.4. The van der Waals surface area contributed by atoms with Gasteiger partial charge in [0.25, 0.3) is 0 Å². The van der Waals surface area contributed by atoms with Crippen LogP contribution in [0.25, 0.3) is 10.9 Å². The summed E-state index contributed by atoms with van der Waals surface area (Å²) >= 11 is 0. The highest BCUT2D eigenvalue weighted by Crippen LogP contribution is 2.43. The van der Waals surface area contributed by atoms with Gasteiger partial charge in [0.1, 0.15) is 0 Å². The van der Waals surface area contributed by atoms with Crippen LogP contribution >= 0.6 is 0 Å². The zero-order chi connectivity index (χ0) is 26.0. The van der Waals surface area contributed by atoms with Gasteiger partial charge in [0, 0.05) is 47.2 Å². The number of Topliss-reactive ketones (excluding diaryl/α,β-unsaturated/α-hetero) is 1. The zero-order valence-corrected chi connectivity index (χ0v) is 20.4. The van der Waals surface area contributed by atoms with Gasteiger partial charge in [-0.25, -0.2) is 0 Å². The number of carbonyl (C=O) groups is 1. The van der Waals surface area contributed by atoms with Gasteiger partial charge in [-0.05, 0) is 37.6 Å². The van der Waals surface area contributed by atoms with Crippen LogP contribution in [-0.2, 0) is 12.1 Å². The SMILES string of the molecule is O=C(c1ccccc1)C1CCN(CC(O)(c2cn(Cc3ccccc3)c3ccccc23)C(F)(F)F)CC1. The van der Waals surface area contributed by atoms with E-state index in [-0.39, 0.29) is 17.3 Å².